The van der Waals surface area contributed by atoms with Crippen LogP contribution in [-0.4, -0.2) is 54.7 Å². The van der Waals surface area contributed by atoms with Gasteiger partial charge in [-0.25, -0.2) is 0 Å². The fraction of sp³-hybridized carbons (Fsp3) is 0.429. The summed E-state index contributed by atoms with van der Waals surface area (Å²) in [4.78, 5) is 18.6. The lowest BCUT2D eigenvalue weighted by Gasteiger charge is -2.32. The van der Waals surface area contributed by atoms with Crippen molar-refractivity contribution in [1.29, 1.82) is 0 Å². The first-order valence-electron chi connectivity index (χ1n) is 9.50. The summed E-state index contributed by atoms with van der Waals surface area (Å²) in [6.07, 6.45) is 3.94. The molecular formula is C21H28N4O2. The lowest BCUT2D eigenvalue weighted by atomic mass is 10.1. The lowest BCUT2D eigenvalue weighted by molar-refractivity contribution is -0.126. The molecule has 1 amide bonds. The number of carbonyl (C=O) groups is 1. The fourth-order valence-electron chi connectivity index (χ4n) is 3.24. The second-order valence-electron chi connectivity index (χ2n) is 6.88. The van der Waals surface area contributed by atoms with Crippen LogP contribution in [0.4, 0.5) is 5.69 Å². The lowest BCUT2D eigenvalue weighted by Crippen LogP contribution is -2.44. The van der Waals surface area contributed by atoms with E-state index in [4.69, 9.17) is 4.74 Å². The molecule has 0 saturated carbocycles. The number of amides is 1. The van der Waals surface area contributed by atoms with Crippen molar-refractivity contribution in [2.75, 3.05) is 38.1 Å². The van der Waals surface area contributed by atoms with Gasteiger partial charge in [0.2, 0.25) is 5.91 Å². The van der Waals surface area contributed by atoms with Crippen LogP contribution < -0.4 is 10.6 Å². The third-order valence-corrected chi connectivity index (χ3v) is 4.67. The van der Waals surface area contributed by atoms with Crippen LogP contribution >= 0.6 is 0 Å². The van der Waals surface area contributed by atoms with E-state index in [0.717, 1.165) is 30.9 Å². The van der Waals surface area contributed by atoms with Crippen molar-refractivity contribution >= 4 is 11.6 Å². The maximum Gasteiger partial charge on any atom is 0.222 e. The van der Waals surface area contributed by atoms with Crippen molar-refractivity contribution < 1.29 is 9.53 Å². The van der Waals surface area contributed by atoms with Crippen molar-refractivity contribution in [3.8, 4) is 0 Å². The minimum Gasteiger partial charge on any atom is -0.383 e. The van der Waals surface area contributed by atoms with Crippen LogP contribution in [-0.2, 0) is 16.1 Å². The molecule has 0 aliphatic carbocycles. The number of morpholine rings is 1. The van der Waals surface area contributed by atoms with Crippen LogP contribution in [0.25, 0.3) is 0 Å². The summed E-state index contributed by atoms with van der Waals surface area (Å²) in [7, 11) is 0. The molecule has 2 heterocycles. The Hall–Kier alpha value is -2.44. The average molecular weight is 368 g/mol. The van der Waals surface area contributed by atoms with Crippen molar-refractivity contribution in [2.45, 2.75) is 26.0 Å². The van der Waals surface area contributed by atoms with Crippen LogP contribution in [0.3, 0.4) is 0 Å². The predicted octanol–water partition coefficient (Wildman–Crippen LogP) is 2.21. The summed E-state index contributed by atoms with van der Waals surface area (Å²) >= 11 is 0. The van der Waals surface area contributed by atoms with Gasteiger partial charge in [-0.1, -0.05) is 30.3 Å². The van der Waals surface area contributed by atoms with Crippen LogP contribution in [0.2, 0.25) is 0 Å². The number of nitrogens with one attached hydrogen (secondary N) is 2. The van der Waals surface area contributed by atoms with Crippen LogP contribution in [0.15, 0.2) is 48.8 Å². The van der Waals surface area contributed by atoms with Gasteiger partial charge in [0, 0.05) is 50.8 Å². The zero-order valence-electron chi connectivity index (χ0n) is 15.9. The number of nitrogens with zero attached hydrogens (tertiary/aromatic N) is 2. The Balaban J connectivity index is 1.35. The first-order valence-corrected chi connectivity index (χ1v) is 9.50. The molecule has 0 spiro atoms. The number of aromatic nitrogens is 1. The van der Waals surface area contributed by atoms with E-state index in [1.165, 1.54) is 5.56 Å². The fourth-order valence-corrected chi connectivity index (χ4v) is 3.24. The number of pyridine rings is 1. The first-order chi connectivity index (χ1) is 13.2. The van der Waals surface area contributed by atoms with Gasteiger partial charge in [0.25, 0.3) is 0 Å². The highest BCUT2D eigenvalue weighted by Crippen LogP contribution is 2.13. The van der Waals surface area contributed by atoms with E-state index >= 15 is 0 Å². The van der Waals surface area contributed by atoms with Gasteiger partial charge in [0.15, 0.2) is 0 Å². The Morgan fingerprint density at radius 2 is 2.11 bits per heavy atom. The molecule has 1 aromatic carbocycles. The molecule has 27 heavy (non-hydrogen) atoms. The third kappa shape index (κ3) is 6.34. The topological polar surface area (TPSA) is 66.5 Å². The van der Waals surface area contributed by atoms with Crippen molar-refractivity contribution in [3.05, 3.63) is 59.9 Å². The molecule has 6 nitrogen and oxygen atoms in total. The van der Waals surface area contributed by atoms with Crippen LogP contribution in [0, 0.1) is 6.92 Å². The predicted molar refractivity (Wildman–Crippen MR) is 107 cm³/mol. The number of rotatable bonds is 8. The van der Waals surface area contributed by atoms with E-state index in [0.29, 0.717) is 26.1 Å². The molecule has 1 saturated heterocycles. The first kappa shape index (κ1) is 19.3. The van der Waals surface area contributed by atoms with Crippen LogP contribution in [0.5, 0.6) is 0 Å². The molecule has 0 bridgehead atoms. The molecule has 1 aliphatic rings. The SMILES string of the molecule is Cc1cnccc1NCCNC(=O)CC1CN(Cc2ccccc2)CCO1. The zero-order chi connectivity index (χ0) is 18.9. The van der Waals surface area contributed by atoms with Gasteiger partial charge in [0.05, 0.1) is 19.1 Å². The molecule has 1 aliphatic heterocycles. The minimum atomic E-state index is -0.0436. The van der Waals surface area contributed by atoms with E-state index in [1.807, 2.05) is 25.3 Å². The largest absolute Gasteiger partial charge is 0.383 e. The number of ether oxygens (including phenoxy) is 1. The molecule has 2 N–H and O–H groups in total. The second kappa shape index (κ2) is 10.0. The molecule has 2 aromatic rings. The Morgan fingerprint density at radius 3 is 2.93 bits per heavy atom. The number of benzene rings is 1. The van der Waals surface area contributed by atoms with Gasteiger partial charge in [0.1, 0.15) is 0 Å². The Morgan fingerprint density at radius 1 is 1.26 bits per heavy atom. The summed E-state index contributed by atoms with van der Waals surface area (Å²) in [6.45, 7) is 6.54. The van der Waals surface area contributed by atoms with Gasteiger partial charge < -0.3 is 15.4 Å². The van der Waals surface area contributed by atoms with E-state index in [-0.39, 0.29) is 12.0 Å². The molecule has 1 atom stereocenters. The number of hydrogen-bond donors (Lipinski definition) is 2. The summed E-state index contributed by atoms with van der Waals surface area (Å²) in [6, 6.07) is 12.4. The number of anilines is 1. The summed E-state index contributed by atoms with van der Waals surface area (Å²) in [5.41, 5.74) is 3.43. The van der Waals surface area contributed by atoms with Gasteiger partial charge in [-0.2, -0.15) is 0 Å². The minimum absolute atomic E-state index is 0.0369. The number of hydrogen-bond acceptors (Lipinski definition) is 5. The number of aryl methyl sites for hydroxylation is 1. The Labute approximate surface area is 160 Å². The highest BCUT2D eigenvalue weighted by atomic mass is 16.5. The second-order valence-corrected chi connectivity index (χ2v) is 6.88. The van der Waals surface area contributed by atoms with Gasteiger partial charge in [-0.15, -0.1) is 0 Å². The monoisotopic (exact) mass is 368 g/mol. The molecule has 1 aromatic heterocycles. The Bertz CT molecular complexity index is 723. The average Bonchev–Trinajstić information content (AvgIpc) is 2.68. The maximum absolute atomic E-state index is 12.2. The smallest absolute Gasteiger partial charge is 0.222 e. The van der Waals surface area contributed by atoms with Crippen molar-refractivity contribution in [1.82, 2.24) is 15.2 Å². The van der Waals surface area contributed by atoms with Crippen molar-refractivity contribution in [2.24, 2.45) is 0 Å². The molecule has 1 unspecified atom stereocenters. The number of carbonyl (C=O) groups excluding carboxylic acids is 1. The standard InChI is InChI=1S/C21H28N4O2/c1-17-14-22-8-7-20(17)23-9-10-24-21(26)13-19-16-25(11-12-27-19)15-18-5-3-2-4-6-18/h2-8,14,19H,9-13,15-16H2,1H3,(H,22,23)(H,24,26). The van der Waals surface area contributed by atoms with Gasteiger partial charge in [-0.3, -0.25) is 14.7 Å². The van der Waals surface area contributed by atoms with E-state index in [1.54, 1.807) is 6.20 Å². The highest BCUT2D eigenvalue weighted by molar-refractivity contribution is 5.76. The summed E-state index contributed by atoms with van der Waals surface area (Å²) in [5.74, 6) is 0.0369. The van der Waals surface area contributed by atoms with Gasteiger partial charge >= 0.3 is 0 Å². The summed E-state index contributed by atoms with van der Waals surface area (Å²) < 4.78 is 5.78. The highest BCUT2D eigenvalue weighted by Gasteiger charge is 2.22. The van der Waals surface area contributed by atoms with Crippen molar-refractivity contribution in [3.63, 3.8) is 0 Å². The van der Waals surface area contributed by atoms with Gasteiger partial charge in [-0.05, 0) is 24.1 Å². The summed E-state index contributed by atoms with van der Waals surface area (Å²) in [5, 5.41) is 6.28. The van der Waals surface area contributed by atoms with E-state index < -0.39 is 0 Å². The molecule has 6 heteroatoms. The molecule has 3 rings (SSSR count). The van der Waals surface area contributed by atoms with E-state index in [2.05, 4.69) is 44.8 Å². The zero-order valence-corrected chi connectivity index (χ0v) is 15.9. The third-order valence-electron chi connectivity index (χ3n) is 4.67. The quantitative estimate of drug-likeness (QED) is 0.700. The normalized spacial score (nSPS) is 17.4. The maximum atomic E-state index is 12.2. The van der Waals surface area contributed by atoms with E-state index in [9.17, 15) is 4.79 Å². The molecule has 0 radical (unpaired) electrons. The Kier molecular flexibility index (Phi) is 7.19. The molecule has 144 valence electrons. The molecule has 1 fully saturated rings. The molecular weight excluding hydrogens is 340 g/mol. The van der Waals surface area contributed by atoms with Crippen LogP contribution in [0.1, 0.15) is 17.5 Å².